The standard InChI is InChI=1S/2C10H12.2C9H10/c1-8(2)10-6-4-9(3)5-7-10;1-8(2)10-7-5-4-6-9(10)3;1-8(2)9-6-4-3-5-7-9;1-3-9-6-4-8(2)5-7-9/h2*4-7H,1H2,2-3H3;2*3-7H,1H2,2H3. The van der Waals surface area contributed by atoms with Gasteiger partial charge < -0.3 is 0 Å². The van der Waals surface area contributed by atoms with Crippen LogP contribution in [0.4, 0.5) is 0 Å². The first-order valence-corrected chi connectivity index (χ1v) is 12.9. The summed E-state index contributed by atoms with van der Waals surface area (Å²) in [5, 5.41) is 0. The van der Waals surface area contributed by atoms with E-state index in [0.29, 0.717) is 0 Å². The van der Waals surface area contributed by atoms with Crippen molar-refractivity contribution >= 4 is 22.8 Å². The van der Waals surface area contributed by atoms with Crippen LogP contribution in [-0.2, 0) is 0 Å². The fourth-order valence-corrected chi connectivity index (χ4v) is 3.32. The molecule has 0 saturated carbocycles. The van der Waals surface area contributed by atoms with Crippen LogP contribution in [0.2, 0.25) is 0 Å². The number of rotatable bonds is 4. The molecule has 38 heavy (non-hydrogen) atoms. The van der Waals surface area contributed by atoms with Crippen molar-refractivity contribution < 1.29 is 0 Å². The lowest BCUT2D eigenvalue weighted by atomic mass is 10.0. The Balaban J connectivity index is 0.000000254. The molecule has 0 aliphatic carbocycles. The van der Waals surface area contributed by atoms with Crippen LogP contribution < -0.4 is 0 Å². The monoisotopic (exact) mass is 500 g/mol. The first kappa shape index (κ1) is 31.9. The normalized spacial score (nSPS) is 9.21. The topological polar surface area (TPSA) is 0 Å². The summed E-state index contributed by atoms with van der Waals surface area (Å²) in [6.45, 7) is 27.5. The second-order valence-corrected chi connectivity index (χ2v) is 9.50. The molecule has 0 fully saturated rings. The summed E-state index contributed by atoms with van der Waals surface area (Å²) in [4.78, 5) is 0. The minimum absolute atomic E-state index is 1.12. The van der Waals surface area contributed by atoms with Crippen molar-refractivity contribution in [3.63, 3.8) is 0 Å². The van der Waals surface area contributed by atoms with Gasteiger partial charge in [0.1, 0.15) is 0 Å². The Morgan fingerprint density at radius 3 is 1.29 bits per heavy atom. The van der Waals surface area contributed by atoms with Gasteiger partial charge in [0.05, 0.1) is 0 Å². The van der Waals surface area contributed by atoms with Crippen LogP contribution in [0.5, 0.6) is 0 Å². The summed E-state index contributed by atoms with van der Waals surface area (Å²) in [5.74, 6) is 0. The van der Waals surface area contributed by atoms with Crippen molar-refractivity contribution in [2.45, 2.75) is 41.5 Å². The quantitative estimate of drug-likeness (QED) is 0.261. The highest BCUT2D eigenvalue weighted by molar-refractivity contribution is 5.64. The maximum absolute atomic E-state index is 3.89. The van der Waals surface area contributed by atoms with Gasteiger partial charge in [0, 0.05) is 0 Å². The van der Waals surface area contributed by atoms with E-state index in [9.17, 15) is 0 Å². The van der Waals surface area contributed by atoms with E-state index in [-0.39, 0.29) is 0 Å². The first-order valence-electron chi connectivity index (χ1n) is 12.9. The molecule has 4 aromatic carbocycles. The Hall–Kier alpha value is -4.16. The van der Waals surface area contributed by atoms with Gasteiger partial charge in [0.25, 0.3) is 0 Å². The number of allylic oxidation sites excluding steroid dienone is 3. The number of benzene rings is 4. The molecule has 0 radical (unpaired) electrons. The van der Waals surface area contributed by atoms with E-state index in [1.54, 1.807) is 0 Å². The number of aryl methyl sites for hydroxylation is 3. The van der Waals surface area contributed by atoms with Crippen molar-refractivity contribution in [2.24, 2.45) is 0 Å². The molecule has 0 atom stereocenters. The van der Waals surface area contributed by atoms with Gasteiger partial charge in [-0.2, -0.15) is 0 Å². The highest BCUT2D eigenvalue weighted by atomic mass is 14.0. The van der Waals surface area contributed by atoms with E-state index in [1.807, 2.05) is 57.2 Å². The summed E-state index contributed by atoms with van der Waals surface area (Å²) in [6.07, 6.45) is 1.85. The van der Waals surface area contributed by atoms with Crippen molar-refractivity contribution in [2.75, 3.05) is 0 Å². The number of hydrogen-bond donors (Lipinski definition) is 0. The van der Waals surface area contributed by atoms with Crippen LogP contribution in [0, 0.1) is 20.8 Å². The van der Waals surface area contributed by atoms with E-state index in [0.717, 1.165) is 16.7 Å². The van der Waals surface area contributed by atoms with Crippen LogP contribution in [0.15, 0.2) is 129 Å². The second-order valence-electron chi connectivity index (χ2n) is 9.50. The zero-order chi connectivity index (χ0) is 28.5. The van der Waals surface area contributed by atoms with Gasteiger partial charge in [0.15, 0.2) is 0 Å². The summed E-state index contributed by atoms with van der Waals surface area (Å²) in [6, 6.07) is 35.1. The SMILES string of the molecule is C=C(C)c1ccc(C)cc1.C=C(C)c1ccccc1.C=C(C)c1ccccc1C.C=Cc1ccc(C)cc1. The van der Waals surface area contributed by atoms with Crippen molar-refractivity contribution in [3.05, 3.63) is 168 Å². The first-order chi connectivity index (χ1) is 18.0. The molecule has 0 amide bonds. The fraction of sp³-hybridized carbons (Fsp3) is 0.158. The molecule has 0 aliphatic heterocycles. The van der Waals surface area contributed by atoms with Crippen molar-refractivity contribution in [1.29, 1.82) is 0 Å². The third kappa shape index (κ3) is 12.7. The van der Waals surface area contributed by atoms with E-state index in [1.165, 1.54) is 38.9 Å². The molecule has 0 N–H and O–H groups in total. The van der Waals surface area contributed by atoms with E-state index >= 15 is 0 Å². The smallest absolute Gasteiger partial charge is 0.0204 e. The fourth-order valence-electron chi connectivity index (χ4n) is 3.32. The maximum atomic E-state index is 3.89. The molecular weight excluding hydrogens is 456 g/mol. The largest absolute Gasteiger partial charge is 0.0985 e. The van der Waals surface area contributed by atoms with E-state index in [2.05, 4.69) is 120 Å². The molecule has 0 unspecified atom stereocenters. The Morgan fingerprint density at radius 2 is 0.921 bits per heavy atom. The third-order valence-electron chi connectivity index (χ3n) is 5.73. The van der Waals surface area contributed by atoms with Crippen LogP contribution in [0.25, 0.3) is 22.8 Å². The zero-order valence-electron chi connectivity index (χ0n) is 24.2. The zero-order valence-corrected chi connectivity index (χ0v) is 24.2. The second kappa shape index (κ2) is 17.3. The molecule has 4 aromatic rings. The summed E-state index contributed by atoms with van der Waals surface area (Å²) >= 11 is 0. The lowest BCUT2D eigenvalue weighted by molar-refractivity contribution is 1.41. The van der Waals surface area contributed by atoms with Gasteiger partial charge in [0.2, 0.25) is 0 Å². The van der Waals surface area contributed by atoms with Crippen LogP contribution >= 0.6 is 0 Å². The molecule has 0 aromatic heterocycles. The maximum Gasteiger partial charge on any atom is -0.0204 e. The van der Waals surface area contributed by atoms with E-state index in [4.69, 9.17) is 0 Å². The number of hydrogen-bond acceptors (Lipinski definition) is 0. The third-order valence-corrected chi connectivity index (χ3v) is 5.73. The van der Waals surface area contributed by atoms with Crippen LogP contribution in [0.1, 0.15) is 59.7 Å². The minimum Gasteiger partial charge on any atom is -0.0985 e. The van der Waals surface area contributed by atoms with Gasteiger partial charge in [-0.1, -0.05) is 163 Å². The van der Waals surface area contributed by atoms with E-state index < -0.39 is 0 Å². The summed E-state index contributed by atoms with van der Waals surface area (Å²) in [7, 11) is 0. The summed E-state index contributed by atoms with van der Waals surface area (Å²) < 4.78 is 0. The van der Waals surface area contributed by atoms with Crippen molar-refractivity contribution in [3.8, 4) is 0 Å². The predicted molar refractivity (Wildman–Crippen MR) is 174 cm³/mol. The molecule has 0 spiro atoms. The average molecular weight is 501 g/mol. The lowest BCUT2D eigenvalue weighted by Gasteiger charge is -2.02. The highest BCUT2D eigenvalue weighted by Gasteiger charge is 1.94. The highest BCUT2D eigenvalue weighted by Crippen LogP contribution is 2.15. The van der Waals surface area contributed by atoms with Gasteiger partial charge >= 0.3 is 0 Å². The molecule has 0 aliphatic rings. The Morgan fingerprint density at radius 1 is 0.500 bits per heavy atom. The molecule has 196 valence electrons. The van der Waals surface area contributed by atoms with Crippen molar-refractivity contribution in [1.82, 2.24) is 0 Å². The molecule has 0 heterocycles. The minimum atomic E-state index is 1.12. The average Bonchev–Trinajstić information content (AvgIpc) is 2.91. The molecular formula is C38H44. The Bertz CT molecular complexity index is 1280. The van der Waals surface area contributed by atoms with Gasteiger partial charge in [-0.15, -0.1) is 0 Å². The van der Waals surface area contributed by atoms with Gasteiger partial charge in [-0.25, -0.2) is 0 Å². The van der Waals surface area contributed by atoms with Gasteiger partial charge in [-0.3, -0.25) is 0 Å². The molecule has 0 bridgehead atoms. The van der Waals surface area contributed by atoms with Crippen LogP contribution in [0.3, 0.4) is 0 Å². The lowest BCUT2D eigenvalue weighted by Crippen LogP contribution is -1.81. The predicted octanol–water partition coefficient (Wildman–Crippen LogP) is 11.4. The Kier molecular flexibility index (Phi) is 14.5. The molecule has 0 heteroatoms. The van der Waals surface area contributed by atoms with Gasteiger partial charge in [-0.05, 0) is 69.4 Å². The molecule has 0 saturated heterocycles. The van der Waals surface area contributed by atoms with Crippen LogP contribution in [-0.4, -0.2) is 0 Å². The molecule has 4 rings (SSSR count). The summed E-state index contributed by atoms with van der Waals surface area (Å²) in [5.41, 5.74) is 12.2. The molecule has 0 nitrogen and oxygen atoms in total. The Labute approximate surface area is 232 Å².